The van der Waals surface area contributed by atoms with Gasteiger partial charge in [-0.3, -0.25) is 0 Å². The van der Waals surface area contributed by atoms with E-state index in [1.54, 1.807) is 0 Å². The van der Waals surface area contributed by atoms with E-state index in [9.17, 15) is 0 Å². The first kappa shape index (κ1) is 10.5. The van der Waals surface area contributed by atoms with Crippen molar-refractivity contribution in [3.05, 3.63) is 10.6 Å². The zero-order chi connectivity index (χ0) is 11.0. The summed E-state index contributed by atoms with van der Waals surface area (Å²) in [6.45, 7) is 6.86. The predicted octanol–water partition coefficient (Wildman–Crippen LogP) is 2.03. The standard InChI is InChI=1S/C12H19N3S/c1-9-3-2-6-15(8-9)12-14-10-4-5-13-7-11(10)16-12/h9,13H,2-8H2,1H3. The molecule has 0 aliphatic carbocycles. The molecule has 2 aliphatic rings. The zero-order valence-corrected chi connectivity index (χ0v) is 10.6. The fraction of sp³-hybridized carbons (Fsp3) is 0.750. The van der Waals surface area contributed by atoms with Gasteiger partial charge in [0.15, 0.2) is 5.13 Å². The molecule has 0 spiro atoms. The Balaban J connectivity index is 1.80. The second-order valence-corrected chi connectivity index (χ2v) is 6.05. The van der Waals surface area contributed by atoms with Crippen molar-refractivity contribution in [2.24, 2.45) is 5.92 Å². The Kier molecular flexibility index (Phi) is 2.86. The van der Waals surface area contributed by atoms with E-state index in [1.807, 2.05) is 11.3 Å². The smallest absolute Gasteiger partial charge is 0.185 e. The number of aromatic nitrogens is 1. The molecule has 3 nitrogen and oxygen atoms in total. The van der Waals surface area contributed by atoms with Crippen molar-refractivity contribution in [3.8, 4) is 0 Å². The third-order valence-electron chi connectivity index (χ3n) is 3.52. The van der Waals surface area contributed by atoms with Crippen LogP contribution in [0.3, 0.4) is 0 Å². The van der Waals surface area contributed by atoms with E-state index in [0.29, 0.717) is 0 Å². The molecular formula is C12H19N3S. The molecule has 1 fully saturated rings. The van der Waals surface area contributed by atoms with E-state index in [4.69, 9.17) is 4.98 Å². The number of nitrogens with one attached hydrogen (secondary N) is 1. The first-order valence-electron chi connectivity index (χ1n) is 6.27. The first-order chi connectivity index (χ1) is 7.83. The Labute approximate surface area is 101 Å². The third kappa shape index (κ3) is 1.96. The van der Waals surface area contributed by atoms with E-state index in [-0.39, 0.29) is 0 Å². The minimum absolute atomic E-state index is 0.827. The zero-order valence-electron chi connectivity index (χ0n) is 9.83. The molecule has 16 heavy (non-hydrogen) atoms. The van der Waals surface area contributed by atoms with Crippen LogP contribution in [-0.4, -0.2) is 24.6 Å². The highest BCUT2D eigenvalue weighted by Gasteiger charge is 2.22. The number of anilines is 1. The Bertz CT molecular complexity index is 351. The van der Waals surface area contributed by atoms with Gasteiger partial charge in [-0.15, -0.1) is 11.3 Å². The monoisotopic (exact) mass is 237 g/mol. The maximum absolute atomic E-state index is 4.81. The van der Waals surface area contributed by atoms with Crippen molar-refractivity contribution in [2.45, 2.75) is 32.7 Å². The summed E-state index contributed by atoms with van der Waals surface area (Å²) in [5, 5.41) is 4.68. The minimum Gasteiger partial charge on any atom is -0.348 e. The molecule has 0 radical (unpaired) electrons. The molecule has 1 aromatic heterocycles. The number of hydrogen-bond acceptors (Lipinski definition) is 4. The molecule has 4 heteroatoms. The minimum atomic E-state index is 0.827. The molecule has 3 rings (SSSR count). The molecule has 0 aromatic carbocycles. The molecule has 1 unspecified atom stereocenters. The summed E-state index contributed by atoms with van der Waals surface area (Å²) >= 11 is 1.90. The van der Waals surface area contributed by atoms with Crippen LogP contribution >= 0.6 is 11.3 Å². The summed E-state index contributed by atoms with van der Waals surface area (Å²) in [5.41, 5.74) is 1.34. The van der Waals surface area contributed by atoms with Crippen LogP contribution in [0.4, 0.5) is 5.13 Å². The van der Waals surface area contributed by atoms with E-state index in [2.05, 4.69) is 17.1 Å². The SMILES string of the molecule is CC1CCCN(c2nc3c(s2)CNCC3)C1. The quantitative estimate of drug-likeness (QED) is 0.810. The highest BCUT2D eigenvalue weighted by Crippen LogP contribution is 2.31. The number of rotatable bonds is 1. The van der Waals surface area contributed by atoms with Crippen LogP contribution < -0.4 is 10.2 Å². The molecule has 1 N–H and O–H groups in total. The number of thiazole rings is 1. The van der Waals surface area contributed by atoms with Crippen LogP contribution in [0, 0.1) is 5.92 Å². The van der Waals surface area contributed by atoms with Gasteiger partial charge < -0.3 is 10.2 Å². The maximum atomic E-state index is 4.81. The lowest BCUT2D eigenvalue weighted by Gasteiger charge is -2.30. The van der Waals surface area contributed by atoms with Crippen LogP contribution in [0.5, 0.6) is 0 Å². The lowest BCUT2D eigenvalue weighted by atomic mass is 10.0. The lowest BCUT2D eigenvalue weighted by Crippen LogP contribution is -2.34. The average Bonchev–Trinajstić information content (AvgIpc) is 2.72. The van der Waals surface area contributed by atoms with Crippen molar-refractivity contribution in [1.82, 2.24) is 10.3 Å². The van der Waals surface area contributed by atoms with Crippen LogP contribution in [-0.2, 0) is 13.0 Å². The highest BCUT2D eigenvalue weighted by molar-refractivity contribution is 7.15. The fourth-order valence-corrected chi connectivity index (χ4v) is 3.72. The summed E-state index contributed by atoms with van der Waals surface area (Å²) in [4.78, 5) is 8.75. The van der Waals surface area contributed by atoms with Crippen LogP contribution in [0.1, 0.15) is 30.3 Å². The van der Waals surface area contributed by atoms with Crippen LogP contribution in [0.15, 0.2) is 0 Å². The van der Waals surface area contributed by atoms with Crippen LogP contribution in [0.25, 0.3) is 0 Å². The summed E-state index contributed by atoms with van der Waals surface area (Å²) in [6.07, 6.45) is 3.81. The molecule has 1 saturated heterocycles. The van der Waals surface area contributed by atoms with Gasteiger partial charge in [-0.1, -0.05) is 6.92 Å². The summed E-state index contributed by atoms with van der Waals surface area (Å²) in [7, 11) is 0. The maximum Gasteiger partial charge on any atom is 0.185 e. The van der Waals surface area contributed by atoms with Crippen molar-refractivity contribution in [2.75, 3.05) is 24.5 Å². The van der Waals surface area contributed by atoms with Gasteiger partial charge in [0.25, 0.3) is 0 Å². The Morgan fingerprint density at radius 2 is 2.44 bits per heavy atom. The molecule has 0 bridgehead atoms. The van der Waals surface area contributed by atoms with Crippen molar-refractivity contribution >= 4 is 16.5 Å². The number of piperidine rings is 1. The third-order valence-corrected chi connectivity index (χ3v) is 4.68. The average molecular weight is 237 g/mol. The Hall–Kier alpha value is -0.610. The summed E-state index contributed by atoms with van der Waals surface area (Å²) in [5.74, 6) is 0.827. The number of fused-ring (bicyclic) bond motifs is 1. The van der Waals surface area contributed by atoms with E-state index >= 15 is 0 Å². The van der Waals surface area contributed by atoms with Gasteiger partial charge in [-0.05, 0) is 18.8 Å². The van der Waals surface area contributed by atoms with Gasteiger partial charge in [0.2, 0.25) is 0 Å². The molecular weight excluding hydrogens is 218 g/mol. The highest BCUT2D eigenvalue weighted by atomic mass is 32.1. The van der Waals surface area contributed by atoms with Crippen molar-refractivity contribution in [3.63, 3.8) is 0 Å². The van der Waals surface area contributed by atoms with E-state index in [0.717, 1.165) is 25.4 Å². The van der Waals surface area contributed by atoms with Gasteiger partial charge >= 0.3 is 0 Å². The molecule has 3 heterocycles. The van der Waals surface area contributed by atoms with Crippen LogP contribution in [0.2, 0.25) is 0 Å². The van der Waals surface area contributed by atoms with Crippen molar-refractivity contribution < 1.29 is 0 Å². The lowest BCUT2D eigenvalue weighted by molar-refractivity contribution is 0.446. The van der Waals surface area contributed by atoms with Crippen molar-refractivity contribution in [1.29, 1.82) is 0 Å². The summed E-state index contributed by atoms with van der Waals surface area (Å²) < 4.78 is 0. The summed E-state index contributed by atoms with van der Waals surface area (Å²) in [6, 6.07) is 0. The van der Waals surface area contributed by atoms with E-state index < -0.39 is 0 Å². The molecule has 88 valence electrons. The van der Waals surface area contributed by atoms with Gasteiger partial charge in [0, 0.05) is 37.5 Å². The molecule has 0 amide bonds. The number of nitrogens with zero attached hydrogens (tertiary/aromatic N) is 2. The second-order valence-electron chi connectivity index (χ2n) is 4.99. The second kappa shape index (κ2) is 4.34. The largest absolute Gasteiger partial charge is 0.348 e. The Morgan fingerprint density at radius 3 is 3.25 bits per heavy atom. The van der Waals surface area contributed by atoms with Gasteiger partial charge in [0.1, 0.15) is 0 Å². The van der Waals surface area contributed by atoms with Gasteiger partial charge in [0.05, 0.1) is 5.69 Å². The topological polar surface area (TPSA) is 28.2 Å². The van der Waals surface area contributed by atoms with Gasteiger partial charge in [-0.2, -0.15) is 0 Å². The molecule has 0 saturated carbocycles. The molecule has 1 aromatic rings. The predicted molar refractivity (Wildman–Crippen MR) is 68.1 cm³/mol. The normalized spacial score (nSPS) is 25.6. The van der Waals surface area contributed by atoms with E-state index in [1.165, 1.54) is 41.6 Å². The molecule has 1 atom stereocenters. The Morgan fingerprint density at radius 1 is 1.50 bits per heavy atom. The number of hydrogen-bond donors (Lipinski definition) is 1. The first-order valence-corrected chi connectivity index (χ1v) is 7.09. The molecule has 2 aliphatic heterocycles. The van der Waals surface area contributed by atoms with Gasteiger partial charge in [-0.25, -0.2) is 4.98 Å². The fourth-order valence-electron chi connectivity index (χ4n) is 2.61.